The van der Waals surface area contributed by atoms with Crippen LogP contribution < -0.4 is 22.1 Å². The molecule has 9 nitrogen and oxygen atoms in total. The Bertz CT molecular complexity index is 516. The van der Waals surface area contributed by atoms with Crippen molar-refractivity contribution in [1.29, 1.82) is 0 Å². The van der Waals surface area contributed by atoms with Crippen LogP contribution in [-0.2, 0) is 0 Å². The number of amides is 1. The number of carbonyl (C=O) groups excluding carboxylic acids is 1. The van der Waals surface area contributed by atoms with E-state index in [-0.39, 0.29) is 35.6 Å². The number of nitrogens with zero attached hydrogens (tertiary/aromatic N) is 4. The van der Waals surface area contributed by atoms with Crippen LogP contribution in [0, 0.1) is 0 Å². The van der Waals surface area contributed by atoms with Gasteiger partial charge in [0.2, 0.25) is 0 Å². The molecule has 7 N–H and O–H groups in total. The lowest BCUT2D eigenvalue weighted by Crippen LogP contribution is -2.26. The van der Waals surface area contributed by atoms with Gasteiger partial charge >= 0.3 is 5.91 Å². The van der Waals surface area contributed by atoms with Crippen molar-refractivity contribution in [2.75, 3.05) is 30.8 Å². The number of hydrogen-bond acceptors (Lipinski definition) is 6. The summed E-state index contributed by atoms with van der Waals surface area (Å²) in [5, 5.41) is 8.79. The lowest BCUT2D eigenvalue weighted by atomic mass is 10.4. The average Bonchev–Trinajstić information content (AvgIpc) is 2.30. The smallest absolute Gasteiger partial charge is 0.302 e. The first-order valence-corrected chi connectivity index (χ1v) is 5.53. The zero-order chi connectivity index (χ0) is 14.6. The second kappa shape index (κ2) is 6.16. The number of nitrogen functional groups attached to an aromatic ring is 1. The van der Waals surface area contributed by atoms with Crippen molar-refractivity contribution in [3.05, 3.63) is 10.8 Å². The molecule has 0 aliphatic rings. The summed E-state index contributed by atoms with van der Waals surface area (Å²) in [5.41, 5.74) is 15.5. The van der Waals surface area contributed by atoms with Gasteiger partial charge in [-0.3, -0.25) is 4.79 Å². The number of carbonyl (C=O) groups is 1. The van der Waals surface area contributed by atoms with Crippen molar-refractivity contribution in [1.82, 2.24) is 9.97 Å². The topological polar surface area (TPSA) is 157 Å². The Kier molecular flexibility index (Phi) is 4.84. The first kappa shape index (κ1) is 14.9. The zero-order valence-electron chi connectivity index (χ0n) is 10.2. The van der Waals surface area contributed by atoms with Crippen LogP contribution in [0.4, 0.5) is 11.6 Å². The molecule has 0 saturated heterocycles. The molecular weight excluding hydrogens is 274 g/mol. The largest absolute Gasteiger partial charge is 0.395 e. The summed E-state index contributed by atoms with van der Waals surface area (Å²) in [4.78, 5) is 24.2. The number of aliphatic imine (C=N–C) groups is 1. The highest BCUT2D eigenvalue weighted by atomic mass is 35.5. The number of guanidine groups is 1. The number of aliphatic hydroxyl groups excluding tert-OH is 1. The molecule has 0 fully saturated rings. The van der Waals surface area contributed by atoms with Crippen molar-refractivity contribution >= 4 is 35.1 Å². The number of likely N-dealkylation sites (N-methyl/N-ethyl adjacent to an activating group) is 1. The van der Waals surface area contributed by atoms with Gasteiger partial charge < -0.3 is 27.2 Å². The molecule has 0 saturated carbocycles. The molecule has 1 aromatic heterocycles. The van der Waals surface area contributed by atoms with Crippen LogP contribution in [0.1, 0.15) is 10.5 Å². The molecule has 19 heavy (non-hydrogen) atoms. The van der Waals surface area contributed by atoms with Crippen LogP contribution in [0.25, 0.3) is 0 Å². The minimum atomic E-state index is -0.830. The van der Waals surface area contributed by atoms with Gasteiger partial charge in [-0.1, -0.05) is 11.6 Å². The number of hydrogen-bond donors (Lipinski definition) is 4. The molecule has 104 valence electrons. The summed E-state index contributed by atoms with van der Waals surface area (Å²) in [6.45, 7) is 0.193. The molecule has 1 aromatic rings. The van der Waals surface area contributed by atoms with E-state index < -0.39 is 11.9 Å². The fraction of sp³-hybridized carbons (Fsp3) is 0.333. The van der Waals surface area contributed by atoms with E-state index in [1.165, 1.54) is 0 Å². The van der Waals surface area contributed by atoms with Crippen molar-refractivity contribution in [2.24, 2.45) is 16.5 Å². The van der Waals surface area contributed by atoms with Gasteiger partial charge in [-0.2, -0.15) is 4.99 Å². The normalized spacial score (nSPS) is 10.1. The van der Waals surface area contributed by atoms with Crippen molar-refractivity contribution < 1.29 is 9.90 Å². The van der Waals surface area contributed by atoms with E-state index in [9.17, 15) is 4.79 Å². The molecule has 10 heteroatoms. The molecule has 0 aliphatic carbocycles. The van der Waals surface area contributed by atoms with Crippen LogP contribution in [0.3, 0.4) is 0 Å². The maximum atomic E-state index is 11.6. The first-order chi connectivity index (χ1) is 8.86. The number of aromatic nitrogens is 2. The summed E-state index contributed by atoms with van der Waals surface area (Å²) in [7, 11) is 1.64. The highest BCUT2D eigenvalue weighted by Crippen LogP contribution is 2.23. The molecule has 1 heterocycles. The molecular formula is C9H14ClN7O2. The second-order valence-corrected chi connectivity index (χ2v) is 3.92. The Labute approximate surface area is 114 Å². The van der Waals surface area contributed by atoms with Crippen LogP contribution in [-0.4, -0.2) is 47.1 Å². The van der Waals surface area contributed by atoms with E-state index in [0.29, 0.717) is 0 Å². The molecule has 0 aliphatic heterocycles. The van der Waals surface area contributed by atoms with Gasteiger partial charge in [-0.25, -0.2) is 9.97 Å². The van der Waals surface area contributed by atoms with E-state index in [1.807, 2.05) is 0 Å². The van der Waals surface area contributed by atoms with Gasteiger partial charge in [-0.05, 0) is 0 Å². The lowest BCUT2D eigenvalue weighted by Gasteiger charge is -2.18. The molecule has 1 rings (SSSR count). The standard InChI is InChI=1S/C9H14ClN7O2/c1-17(2-3-18)7-5(10)14-4(6(11)15-7)8(19)16-9(12)13/h18H,2-3H2,1H3,(H2,11,15)(H4,12,13,16,19). The number of aliphatic hydroxyl groups is 1. The maximum Gasteiger partial charge on any atom is 0.302 e. The summed E-state index contributed by atoms with van der Waals surface area (Å²) in [5.74, 6) is -1.15. The van der Waals surface area contributed by atoms with E-state index in [1.54, 1.807) is 11.9 Å². The van der Waals surface area contributed by atoms with Crippen molar-refractivity contribution in [3.8, 4) is 0 Å². The number of halogens is 1. The molecule has 0 unspecified atom stereocenters. The van der Waals surface area contributed by atoms with Gasteiger partial charge in [0.05, 0.1) is 6.61 Å². The zero-order valence-corrected chi connectivity index (χ0v) is 10.9. The Balaban J connectivity index is 3.17. The van der Waals surface area contributed by atoms with Gasteiger partial charge in [0.1, 0.15) is 0 Å². The highest BCUT2D eigenvalue weighted by molar-refractivity contribution is 6.32. The summed E-state index contributed by atoms with van der Waals surface area (Å²) < 4.78 is 0. The predicted octanol–water partition coefficient (Wildman–Crippen LogP) is -1.45. The van der Waals surface area contributed by atoms with Gasteiger partial charge in [0, 0.05) is 13.6 Å². The Morgan fingerprint density at radius 3 is 2.63 bits per heavy atom. The third-order valence-electron chi connectivity index (χ3n) is 2.09. The number of nitrogens with two attached hydrogens (primary N) is 3. The SMILES string of the molecule is CN(CCO)c1nc(N)c(C(=O)N=C(N)N)nc1Cl. The molecule has 0 atom stereocenters. The van der Waals surface area contributed by atoms with Crippen molar-refractivity contribution in [2.45, 2.75) is 0 Å². The lowest BCUT2D eigenvalue weighted by molar-refractivity contribution is 0.0998. The Hall–Kier alpha value is -2.13. The monoisotopic (exact) mass is 287 g/mol. The van der Waals surface area contributed by atoms with Gasteiger partial charge in [0.15, 0.2) is 28.4 Å². The van der Waals surface area contributed by atoms with E-state index in [2.05, 4.69) is 15.0 Å². The molecule has 1 amide bonds. The second-order valence-electron chi connectivity index (χ2n) is 3.56. The molecule has 0 radical (unpaired) electrons. The summed E-state index contributed by atoms with van der Waals surface area (Å²) in [6.07, 6.45) is 0. The maximum absolute atomic E-state index is 11.6. The molecule has 0 spiro atoms. The fourth-order valence-corrected chi connectivity index (χ4v) is 1.52. The average molecular weight is 288 g/mol. The molecule has 0 bridgehead atoms. The number of rotatable bonds is 4. The molecule has 0 aromatic carbocycles. The minimum absolute atomic E-state index is 0.0423. The van der Waals surface area contributed by atoms with Crippen LogP contribution in [0.5, 0.6) is 0 Å². The van der Waals surface area contributed by atoms with E-state index >= 15 is 0 Å². The summed E-state index contributed by atoms with van der Waals surface area (Å²) >= 11 is 5.90. The third-order valence-corrected chi connectivity index (χ3v) is 2.35. The van der Waals surface area contributed by atoms with Crippen molar-refractivity contribution in [3.63, 3.8) is 0 Å². The van der Waals surface area contributed by atoms with Crippen LogP contribution in [0.15, 0.2) is 4.99 Å². The summed E-state index contributed by atoms with van der Waals surface area (Å²) in [6, 6.07) is 0. The van der Waals surface area contributed by atoms with Crippen LogP contribution >= 0.6 is 11.6 Å². The van der Waals surface area contributed by atoms with E-state index in [0.717, 1.165) is 0 Å². The van der Waals surface area contributed by atoms with Crippen LogP contribution in [0.2, 0.25) is 5.15 Å². The minimum Gasteiger partial charge on any atom is -0.395 e. The third kappa shape index (κ3) is 3.66. The highest BCUT2D eigenvalue weighted by Gasteiger charge is 2.18. The Morgan fingerprint density at radius 1 is 1.47 bits per heavy atom. The van der Waals surface area contributed by atoms with Gasteiger partial charge in [-0.15, -0.1) is 0 Å². The Morgan fingerprint density at radius 2 is 2.11 bits per heavy atom. The quantitative estimate of drug-likeness (QED) is 0.387. The number of anilines is 2. The van der Waals surface area contributed by atoms with E-state index in [4.69, 9.17) is 33.9 Å². The predicted molar refractivity (Wildman–Crippen MR) is 72.0 cm³/mol. The fourth-order valence-electron chi connectivity index (χ4n) is 1.24. The van der Waals surface area contributed by atoms with Gasteiger partial charge in [0.25, 0.3) is 0 Å². The first-order valence-electron chi connectivity index (χ1n) is 5.15.